The number of rotatable bonds is 3. The maximum Gasteiger partial charge on any atom is 0.265 e. The molecule has 0 bridgehead atoms. The smallest absolute Gasteiger partial charge is 0.265 e. The van der Waals surface area contributed by atoms with Crippen molar-refractivity contribution in [2.75, 3.05) is 5.32 Å². The molecule has 3 aromatic rings. The highest BCUT2D eigenvalue weighted by Gasteiger charge is 2.15. The maximum absolute atomic E-state index is 13.9. The van der Waals surface area contributed by atoms with Crippen molar-refractivity contribution in [3.05, 3.63) is 70.1 Å². The molecule has 0 aliphatic rings. The monoisotopic (exact) mass is 340 g/mol. The summed E-state index contributed by atoms with van der Waals surface area (Å²) in [5, 5.41) is 2.92. The van der Waals surface area contributed by atoms with Crippen LogP contribution in [0.5, 0.6) is 0 Å². The number of carbonyl (C=O) groups excluding carboxylic acids is 1. The largest absolute Gasteiger partial charge is 0.319 e. The highest BCUT2D eigenvalue weighted by molar-refractivity contribution is 7.17. The Morgan fingerprint density at radius 3 is 2.58 bits per heavy atom. The SMILES string of the molecule is Cc1cc(C)c(NC(=O)c2ccc(-c3ccccc3F)s2)c(C)n1. The Labute approximate surface area is 144 Å². The molecule has 0 spiro atoms. The fourth-order valence-electron chi connectivity index (χ4n) is 2.65. The van der Waals surface area contributed by atoms with Crippen LogP contribution >= 0.6 is 11.3 Å². The molecular weight excluding hydrogens is 323 g/mol. The number of hydrogen-bond donors (Lipinski definition) is 1. The van der Waals surface area contributed by atoms with Crippen molar-refractivity contribution in [3.63, 3.8) is 0 Å². The molecule has 0 aliphatic carbocycles. The number of aromatic nitrogens is 1. The third-order valence-corrected chi connectivity index (χ3v) is 4.85. The van der Waals surface area contributed by atoms with E-state index >= 15 is 0 Å². The van der Waals surface area contributed by atoms with Crippen LogP contribution in [0.4, 0.5) is 10.1 Å². The number of nitrogens with zero attached hydrogens (tertiary/aromatic N) is 1. The van der Waals surface area contributed by atoms with Crippen molar-refractivity contribution >= 4 is 22.9 Å². The van der Waals surface area contributed by atoms with Crippen LogP contribution in [0.2, 0.25) is 0 Å². The minimum absolute atomic E-state index is 0.209. The molecule has 24 heavy (non-hydrogen) atoms. The van der Waals surface area contributed by atoms with E-state index in [1.165, 1.54) is 17.4 Å². The first-order valence-corrected chi connectivity index (χ1v) is 8.38. The summed E-state index contributed by atoms with van der Waals surface area (Å²) in [4.78, 5) is 18.2. The Bertz CT molecular complexity index is 894. The van der Waals surface area contributed by atoms with Gasteiger partial charge in [0.25, 0.3) is 5.91 Å². The highest BCUT2D eigenvalue weighted by atomic mass is 32.1. The molecule has 3 nitrogen and oxygen atoms in total. The van der Waals surface area contributed by atoms with Gasteiger partial charge in [0, 0.05) is 16.1 Å². The van der Waals surface area contributed by atoms with Gasteiger partial charge in [-0.15, -0.1) is 11.3 Å². The summed E-state index contributed by atoms with van der Waals surface area (Å²) in [5.41, 5.74) is 3.91. The van der Waals surface area contributed by atoms with Crippen LogP contribution in [0.15, 0.2) is 42.5 Å². The van der Waals surface area contributed by atoms with Gasteiger partial charge in [0.15, 0.2) is 0 Å². The number of anilines is 1. The normalized spacial score (nSPS) is 10.7. The lowest BCUT2D eigenvalue weighted by Gasteiger charge is -2.11. The lowest BCUT2D eigenvalue weighted by molar-refractivity contribution is 0.103. The average molecular weight is 340 g/mol. The van der Waals surface area contributed by atoms with E-state index in [-0.39, 0.29) is 11.7 Å². The zero-order valence-electron chi connectivity index (χ0n) is 13.7. The molecule has 0 saturated carbocycles. The summed E-state index contributed by atoms with van der Waals surface area (Å²) in [5.74, 6) is -0.500. The molecule has 0 saturated heterocycles. The topological polar surface area (TPSA) is 42.0 Å². The molecule has 122 valence electrons. The maximum atomic E-state index is 13.9. The number of carbonyl (C=O) groups is 1. The van der Waals surface area contributed by atoms with Crippen LogP contribution in [0.1, 0.15) is 26.6 Å². The van der Waals surface area contributed by atoms with Gasteiger partial charge < -0.3 is 5.32 Å². The first-order valence-electron chi connectivity index (χ1n) is 7.56. The van der Waals surface area contributed by atoms with Crippen molar-refractivity contribution < 1.29 is 9.18 Å². The fourth-order valence-corrected chi connectivity index (χ4v) is 3.58. The van der Waals surface area contributed by atoms with Crippen molar-refractivity contribution in [2.45, 2.75) is 20.8 Å². The molecule has 0 radical (unpaired) electrons. The minimum atomic E-state index is -0.291. The molecule has 2 aromatic heterocycles. The van der Waals surface area contributed by atoms with Gasteiger partial charge >= 0.3 is 0 Å². The zero-order valence-corrected chi connectivity index (χ0v) is 14.5. The van der Waals surface area contributed by atoms with Gasteiger partial charge in [0.05, 0.1) is 16.3 Å². The van der Waals surface area contributed by atoms with Crippen LogP contribution in [0, 0.1) is 26.6 Å². The zero-order chi connectivity index (χ0) is 17.3. The molecule has 0 fully saturated rings. The van der Waals surface area contributed by atoms with Crippen LogP contribution in [0.25, 0.3) is 10.4 Å². The Kier molecular flexibility index (Phi) is 4.44. The number of hydrogen-bond acceptors (Lipinski definition) is 3. The Balaban J connectivity index is 1.86. The van der Waals surface area contributed by atoms with E-state index in [0.29, 0.717) is 10.4 Å². The first-order chi connectivity index (χ1) is 11.5. The molecule has 2 heterocycles. The molecule has 0 unspecified atom stereocenters. The van der Waals surface area contributed by atoms with E-state index < -0.39 is 0 Å². The molecular formula is C19H17FN2OS. The van der Waals surface area contributed by atoms with Crippen molar-refractivity contribution in [2.24, 2.45) is 0 Å². The lowest BCUT2D eigenvalue weighted by Crippen LogP contribution is -2.13. The van der Waals surface area contributed by atoms with Crippen LogP contribution < -0.4 is 5.32 Å². The van der Waals surface area contributed by atoms with Crippen molar-refractivity contribution in [3.8, 4) is 10.4 Å². The highest BCUT2D eigenvalue weighted by Crippen LogP contribution is 2.30. The number of amides is 1. The van der Waals surface area contributed by atoms with Crippen molar-refractivity contribution in [1.82, 2.24) is 4.98 Å². The fraction of sp³-hybridized carbons (Fsp3) is 0.158. The van der Waals surface area contributed by atoms with Gasteiger partial charge in [-0.2, -0.15) is 0 Å². The minimum Gasteiger partial charge on any atom is -0.319 e. The third-order valence-electron chi connectivity index (χ3n) is 3.73. The lowest BCUT2D eigenvalue weighted by atomic mass is 10.1. The second-order valence-corrected chi connectivity index (χ2v) is 6.72. The summed E-state index contributed by atoms with van der Waals surface area (Å²) < 4.78 is 13.9. The Morgan fingerprint density at radius 1 is 1.12 bits per heavy atom. The molecule has 5 heteroatoms. The van der Waals surface area contributed by atoms with Gasteiger partial charge in [-0.1, -0.05) is 18.2 Å². The predicted molar refractivity (Wildman–Crippen MR) is 96.1 cm³/mol. The molecule has 1 amide bonds. The summed E-state index contributed by atoms with van der Waals surface area (Å²) in [6.45, 7) is 5.73. The van der Waals surface area contributed by atoms with Crippen LogP contribution in [-0.2, 0) is 0 Å². The van der Waals surface area contributed by atoms with Gasteiger partial charge in [-0.25, -0.2) is 4.39 Å². The third kappa shape index (κ3) is 3.21. The second-order valence-electron chi connectivity index (χ2n) is 5.64. The Hall–Kier alpha value is -2.53. The summed E-state index contributed by atoms with van der Waals surface area (Å²) in [7, 11) is 0. The van der Waals surface area contributed by atoms with Crippen LogP contribution in [-0.4, -0.2) is 10.9 Å². The molecule has 0 atom stereocenters. The summed E-state index contributed by atoms with van der Waals surface area (Å²) >= 11 is 1.27. The number of nitrogens with one attached hydrogen (secondary N) is 1. The Morgan fingerprint density at radius 2 is 1.88 bits per heavy atom. The number of aryl methyl sites for hydroxylation is 3. The number of halogens is 1. The molecule has 1 N–H and O–H groups in total. The van der Waals surface area contributed by atoms with Crippen molar-refractivity contribution in [1.29, 1.82) is 0 Å². The van der Waals surface area contributed by atoms with Crippen LogP contribution in [0.3, 0.4) is 0 Å². The summed E-state index contributed by atoms with van der Waals surface area (Å²) in [6, 6.07) is 12.0. The molecule has 1 aromatic carbocycles. The number of benzene rings is 1. The van der Waals surface area contributed by atoms with Gasteiger partial charge in [0.1, 0.15) is 5.82 Å². The van der Waals surface area contributed by atoms with Gasteiger partial charge in [-0.3, -0.25) is 9.78 Å². The number of pyridine rings is 1. The predicted octanol–water partition coefficient (Wildman–Crippen LogP) is 5.13. The second kappa shape index (κ2) is 6.53. The van der Waals surface area contributed by atoms with Gasteiger partial charge in [-0.05, 0) is 50.6 Å². The first kappa shape index (κ1) is 16.3. The van der Waals surface area contributed by atoms with E-state index in [2.05, 4.69) is 10.3 Å². The van der Waals surface area contributed by atoms with E-state index in [0.717, 1.165) is 27.5 Å². The quantitative estimate of drug-likeness (QED) is 0.718. The van der Waals surface area contributed by atoms with Gasteiger partial charge in [0.2, 0.25) is 0 Å². The van der Waals surface area contributed by atoms with E-state index in [1.807, 2.05) is 26.8 Å². The van der Waals surface area contributed by atoms with E-state index in [9.17, 15) is 9.18 Å². The van der Waals surface area contributed by atoms with E-state index in [1.54, 1.807) is 30.3 Å². The average Bonchev–Trinajstić information content (AvgIpc) is 3.01. The van der Waals surface area contributed by atoms with E-state index in [4.69, 9.17) is 0 Å². The molecule has 0 aliphatic heterocycles. The summed E-state index contributed by atoms with van der Waals surface area (Å²) in [6.07, 6.45) is 0. The number of thiophene rings is 1. The molecule has 3 rings (SSSR count). The standard InChI is InChI=1S/C19H17FN2OS/c1-11-10-12(2)21-13(3)18(11)22-19(23)17-9-8-16(24-17)14-6-4-5-7-15(14)20/h4-10H,1-3H3,(H,22,23).